The molecule has 2 aromatic heterocycles. The highest BCUT2D eigenvalue weighted by molar-refractivity contribution is 5.82. The van der Waals surface area contributed by atoms with Crippen LogP contribution >= 0.6 is 0 Å². The van der Waals surface area contributed by atoms with Crippen LogP contribution in [0.15, 0.2) is 29.1 Å². The maximum absolute atomic E-state index is 13.6. The van der Waals surface area contributed by atoms with Gasteiger partial charge in [-0.2, -0.15) is 9.97 Å². The molecule has 0 spiro atoms. The number of nitrogen functional groups attached to an aromatic ring is 1. The van der Waals surface area contributed by atoms with Crippen LogP contribution in [-0.2, 0) is 27.3 Å². The van der Waals surface area contributed by atoms with Crippen LogP contribution < -0.4 is 21.5 Å². The summed E-state index contributed by atoms with van der Waals surface area (Å²) in [6.07, 6.45) is 3.96. The largest absolute Gasteiger partial charge is 0.469 e. The van der Waals surface area contributed by atoms with E-state index in [1.165, 1.54) is 7.11 Å². The van der Waals surface area contributed by atoms with Crippen molar-refractivity contribution in [2.45, 2.75) is 71.1 Å². The van der Waals surface area contributed by atoms with E-state index in [2.05, 4.69) is 43.9 Å². The number of amides is 1. The van der Waals surface area contributed by atoms with Gasteiger partial charge in [0.25, 0.3) is 0 Å². The molecule has 0 saturated carbocycles. The van der Waals surface area contributed by atoms with E-state index < -0.39 is 6.17 Å². The number of anilines is 1. The summed E-state index contributed by atoms with van der Waals surface area (Å²) in [5.41, 5.74) is 8.40. The number of aromatic amines is 1. The fourth-order valence-electron chi connectivity index (χ4n) is 5.40. The van der Waals surface area contributed by atoms with E-state index in [1.807, 2.05) is 31.3 Å². The SMILES string of the molecule is CCCCOc1nc(N)c2[nH]c(=O)n(C3CN(C(CCC)C(=O)NCc4ccc(CC(=O)OC)cc4)CCCN3C)c2n1. The van der Waals surface area contributed by atoms with Crippen LogP contribution in [0.1, 0.15) is 63.2 Å². The first-order valence-electron chi connectivity index (χ1n) is 15.0. The van der Waals surface area contributed by atoms with Crippen LogP contribution in [0.4, 0.5) is 5.82 Å². The number of carbonyl (C=O) groups excluding carboxylic acids is 2. The zero-order valence-electron chi connectivity index (χ0n) is 25.6. The van der Waals surface area contributed by atoms with Gasteiger partial charge in [-0.25, -0.2) is 4.79 Å². The summed E-state index contributed by atoms with van der Waals surface area (Å²) in [7, 11) is 3.34. The third kappa shape index (κ3) is 7.90. The summed E-state index contributed by atoms with van der Waals surface area (Å²) in [5.74, 6) is -0.202. The van der Waals surface area contributed by atoms with Crippen LogP contribution in [0.3, 0.4) is 0 Å². The zero-order chi connectivity index (χ0) is 30.9. The van der Waals surface area contributed by atoms with E-state index in [9.17, 15) is 14.4 Å². The number of nitrogens with one attached hydrogen (secondary N) is 2. The molecule has 0 bridgehead atoms. The highest BCUT2D eigenvalue weighted by atomic mass is 16.5. The minimum Gasteiger partial charge on any atom is -0.469 e. The van der Waals surface area contributed by atoms with E-state index in [4.69, 9.17) is 15.2 Å². The van der Waals surface area contributed by atoms with Crippen molar-refractivity contribution in [3.05, 3.63) is 45.9 Å². The number of esters is 1. The van der Waals surface area contributed by atoms with Crippen molar-refractivity contribution < 1.29 is 19.1 Å². The van der Waals surface area contributed by atoms with Gasteiger partial charge in [0.2, 0.25) is 5.91 Å². The van der Waals surface area contributed by atoms with Crippen molar-refractivity contribution >= 4 is 28.9 Å². The molecule has 0 radical (unpaired) electrons. The number of aromatic nitrogens is 4. The van der Waals surface area contributed by atoms with Gasteiger partial charge in [0.05, 0.1) is 26.2 Å². The molecule has 3 aromatic rings. The van der Waals surface area contributed by atoms with Gasteiger partial charge in [-0.05, 0) is 37.4 Å². The summed E-state index contributed by atoms with van der Waals surface area (Å²) in [4.78, 5) is 54.3. The van der Waals surface area contributed by atoms with E-state index in [1.54, 1.807) is 4.57 Å². The Hall–Kier alpha value is -3.97. The number of benzene rings is 1. The lowest BCUT2D eigenvalue weighted by atomic mass is 10.1. The number of nitrogens with zero attached hydrogens (tertiary/aromatic N) is 5. The average molecular weight is 597 g/mol. The first-order chi connectivity index (χ1) is 20.7. The number of unbranched alkanes of at least 4 members (excludes halogenated alkanes) is 1. The minimum absolute atomic E-state index is 0.0618. The maximum Gasteiger partial charge on any atom is 0.329 e. The topological polar surface area (TPSA) is 161 Å². The van der Waals surface area contributed by atoms with Crippen LogP contribution in [0.2, 0.25) is 0 Å². The molecule has 43 heavy (non-hydrogen) atoms. The van der Waals surface area contributed by atoms with Crippen molar-refractivity contribution in [2.24, 2.45) is 0 Å². The third-order valence-electron chi connectivity index (χ3n) is 7.84. The van der Waals surface area contributed by atoms with Crippen molar-refractivity contribution in [3.63, 3.8) is 0 Å². The Kier molecular flexibility index (Phi) is 11.1. The Balaban J connectivity index is 1.53. The number of imidazole rings is 1. The van der Waals surface area contributed by atoms with Crippen LogP contribution in [0.25, 0.3) is 11.2 Å². The van der Waals surface area contributed by atoms with E-state index in [-0.39, 0.29) is 41.9 Å². The monoisotopic (exact) mass is 596 g/mol. The molecule has 4 rings (SSSR count). The predicted molar refractivity (Wildman–Crippen MR) is 164 cm³/mol. The van der Waals surface area contributed by atoms with E-state index in [0.717, 1.165) is 43.4 Å². The Morgan fingerprint density at radius 2 is 1.88 bits per heavy atom. The number of hydrogen-bond donors (Lipinski definition) is 3. The number of nitrogens with two attached hydrogens (primary N) is 1. The smallest absolute Gasteiger partial charge is 0.329 e. The summed E-state index contributed by atoms with van der Waals surface area (Å²) < 4.78 is 12.1. The van der Waals surface area contributed by atoms with Crippen LogP contribution in [0, 0.1) is 0 Å². The van der Waals surface area contributed by atoms with Gasteiger partial charge in [-0.15, -0.1) is 0 Å². The highest BCUT2D eigenvalue weighted by Gasteiger charge is 2.33. The molecule has 13 nitrogen and oxygen atoms in total. The molecule has 0 aliphatic carbocycles. The number of rotatable bonds is 13. The molecule has 2 atom stereocenters. The fourth-order valence-corrected chi connectivity index (χ4v) is 5.40. The second-order valence-corrected chi connectivity index (χ2v) is 11.0. The number of hydrogen-bond acceptors (Lipinski definition) is 10. The molecule has 1 amide bonds. The summed E-state index contributed by atoms with van der Waals surface area (Å²) in [6, 6.07) is 7.31. The van der Waals surface area contributed by atoms with Gasteiger partial charge in [-0.1, -0.05) is 51.0 Å². The Bertz CT molecular complexity index is 1440. The standard InChI is InChI=1S/C30H44N8O5/c1-5-7-16-43-29-34-26(31)25-27(35-29)38(30(41)33-25)23-19-37(15-8-14-36(23)3)22(9-6-2)28(40)32-18-21-12-10-20(11-13-21)17-24(39)42-4/h10-13,22-23H,5-9,14-19H2,1-4H3,(H,32,40)(H,33,41)(H2,31,34,35). The molecule has 234 valence electrons. The Morgan fingerprint density at radius 1 is 1.14 bits per heavy atom. The normalized spacial score (nSPS) is 17.0. The molecule has 1 aliphatic heterocycles. The lowest BCUT2D eigenvalue weighted by molar-refractivity contribution is -0.139. The van der Waals surface area contributed by atoms with Crippen molar-refractivity contribution in [3.8, 4) is 6.01 Å². The maximum atomic E-state index is 13.6. The predicted octanol–water partition coefficient (Wildman–Crippen LogP) is 2.22. The Morgan fingerprint density at radius 3 is 2.58 bits per heavy atom. The van der Waals surface area contributed by atoms with Crippen molar-refractivity contribution in [1.82, 2.24) is 34.6 Å². The molecule has 1 fully saturated rings. The fraction of sp³-hybridized carbons (Fsp3) is 0.567. The van der Waals surface area contributed by atoms with E-state index in [0.29, 0.717) is 43.8 Å². The molecule has 2 unspecified atom stereocenters. The second-order valence-electron chi connectivity index (χ2n) is 11.0. The zero-order valence-corrected chi connectivity index (χ0v) is 25.6. The summed E-state index contributed by atoms with van der Waals surface area (Å²) in [5, 5.41) is 3.10. The molecule has 1 aromatic carbocycles. The second kappa shape index (κ2) is 15.0. The molecule has 4 N–H and O–H groups in total. The van der Waals surface area contributed by atoms with Gasteiger partial charge in [0.15, 0.2) is 11.5 Å². The Labute approximate surface area is 251 Å². The minimum atomic E-state index is -0.393. The van der Waals surface area contributed by atoms with Crippen molar-refractivity contribution in [1.29, 1.82) is 0 Å². The van der Waals surface area contributed by atoms with Crippen molar-refractivity contribution in [2.75, 3.05) is 46.1 Å². The lowest BCUT2D eigenvalue weighted by Gasteiger charge is -2.33. The van der Waals surface area contributed by atoms with E-state index >= 15 is 0 Å². The number of ether oxygens (including phenoxy) is 2. The number of likely N-dealkylation sites (N-methyl/N-ethyl adjacent to an activating group) is 1. The van der Waals surface area contributed by atoms with Gasteiger partial charge < -0.3 is 25.5 Å². The number of carbonyl (C=O) groups is 2. The number of H-pyrrole nitrogens is 1. The van der Waals surface area contributed by atoms with Gasteiger partial charge in [0, 0.05) is 26.2 Å². The molecule has 1 aliphatic rings. The average Bonchev–Trinajstić information content (AvgIpc) is 3.21. The lowest BCUT2D eigenvalue weighted by Crippen LogP contribution is -2.49. The quantitative estimate of drug-likeness (QED) is 0.197. The molecule has 13 heteroatoms. The molecular formula is C30H44N8O5. The summed E-state index contributed by atoms with van der Waals surface area (Å²) >= 11 is 0. The van der Waals surface area contributed by atoms with Crippen LogP contribution in [-0.4, -0.2) is 87.6 Å². The highest BCUT2D eigenvalue weighted by Crippen LogP contribution is 2.25. The summed E-state index contributed by atoms with van der Waals surface area (Å²) in [6.45, 7) is 6.84. The first-order valence-corrected chi connectivity index (χ1v) is 15.0. The first kappa shape index (κ1) is 32.0. The van der Waals surface area contributed by atoms with Gasteiger partial charge in [0.1, 0.15) is 11.7 Å². The van der Waals surface area contributed by atoms with Gasteiger partial charge in [-0.3, -0.25) is 24.0 Å². The number of fused-ring (bicyclic) bond motifs is 1. The van der Waals surface area contributed by atoms with Crippen LogP contribution in [0.5, 0.6) is 6.01 Å². The molecule has 3 heterocycles. The molecular weight excluding hydrogens is 552 g/mol. The third-order valence-corrected chi connectivity index (χ3v) is 7.84. The molecule has 1 saturated heterocycles. The van der Waals surface area contributed by atoms with Gasteiger partial charge >= 0.3 is 17.7 Å². The number of methoxy groups -OCH3 is 1.